The summed E-state index contributed by atoms with van der Waals surface area (Å²) >= 11 is 9.90. The van der Waals surface area contributed by atoms with Crippen LogP contribution in [0.1, 0.15) is 0 Å². The highest BCUT2D eigenvalue weighted by Crippen LogP contribution is 2.29. The van der Waals surface area contributed by atoms with E-state index >= 15 is 0 Å². The summed E-state index contributed by atoms with van der Waals surface area (Å²) in [5.74, 6) is 1.20. The molecule has 0 saturated heterocycles. The van der Waals surface area contributed by atoms with Gasteiger partial charge in [-0.2, -0.15) is 12.6 Å². The van der Waals surface area contributed by atoms with Gasteiger partial charge >= 0.3 is 0 Å². The highest BCUT2D eigenvalue weighted by molar-refractivity contribution is 7.81. The van der Waals surface area contributed by atoms with Crippen molar-refractivity contribution >= 4 is 35.8 Å². The first-order valence-electron chi connectivity index (χ1n) is 5.62. The first-order valence-corrected chi connectivity index (χ1v) is 6.63. The van der Waals surface area contributed by atoms with Gasteiger partial charge in [-0.15, -0.1) is 0 Å². The van der Waals surface area contributed by atoms with Gasteiger partial charge in [0.15, 0.2) is 0 Å². The second kappa shape index (κ2) is 6.50. The zero-order valence-electron chi connectivity index (χ0n) is 9.97. The van der Waals surface area contributed by atoms with Crippen molar-refractivity contribution in [2.24, 2.45) is 0 Å². The quantitative estimate of drug-likeness (QED) is 0.836. The monoisotopic (exact) mass is 293 g/mol. The molecule has 3 nitrogen and oxygen atoms in total. The SMILES string of the molecule is O=C(CS)Nc1cc(Oc2ccccc2)ccc1Cl. The van der Waals surface area contributed by atoms with Gasteiger partial charge in [0, 0.05) is 6.07 Å². The maximum atomic E-state index is 11.3. The summed E-state index contributed by atoms with van der Waals surface area (Å²) < 4.78 is 5.66. The third-order valence-electron chi connectivity index (χ3n) is 2.33. The molecule has 0 radical (unpaired) electrons. The molecule has 19 heavy (non-hydrogen) atoms. The molecule has 2 aromatic rings. The van der Waals surface area contributed by atoms with Crippen molar-refractivity contribution in [3.8, 4) is 11.5 Å². The van der Waals surface area contributed by atoms with Crippen LogP contribution in [0.15, 0.2) is 48.5 Å². The lowest BCUT2D eigenvalue weighted by Gasteiger charge is -2.10. The van der Waals surface area contributed by atoms with Crippen molar-refractivity contribution < 1.29 is 9.53 Å². The molecular formula is C14H12ClNO2S. The normalized spacial score (nSPS) is 10.0. The number of hydrogen-bond acceptors (Lipinski definition) is 3. The van der Waals surface area contributed by atoms with Gasteiger partial charge in [-0.25, -0.2) is 0 Å². The molecule has 0 aromatic heterocycles. The molecular weight excluding hydrogens is 282 g/mol. The van der Waals surface area contributed by atoms with Crippen LogP contribution in [-0.4, -0.2) is 11.7 Å². The van der Waals surface area contributed by atoms with E-state index in [4.69, 9.17) is 16.3 Å². The number of thiol groups is 1. The van der Waals surface area contributed by atoms with Gasteiger partial charge in [0.2, 0.25) is 5.91 Å². The zero-order valence-corrected chi connectivity index (χ0v) is 11.6. The second-order valence-corrected chi connectivity index (χ2v) is 4.49. The second-order valence-electron chi connectivity index (χ2n) is 3.76. The summed E-state index contributed by atoms with van der Waals surface area (Å²) in [6.07, 6.45) is 0. The number of anilines is 1. The van der Waals surface area contributed by atoms with Crippen molar-refractivity contribution in [3.05, 3.63) is 53.6 Å². The number of halogens is 1. The Kier molecular flexibility index (Phi) is 4.71. The van der Waals surface area contributed by atoms with Gasteiger partial charge in [-0.05, 0) is 24.3 Å². The molecule has 0 atom stereocenters. The molecule has 0 saturated carbocycles. The van der Waals surface area contributed by atoms with E-state index < -0.39 is 0 Å². The van der Waals surface area contributed by atoms with Crippen LogP contribution in [0.3, 0.4) is 0 Å². The van der Waals surface area contributed by atoms with Crippen LogP contribution in [0.2, 0.25) is 5.02 Å². The molecule has 2 rings (SSSR count). The number of para-hydroxylation sites is 1. The van der Waals surface area contributed by atoms with Crippen LogP contribution >= 0.6 is 24.2 Å². The van der Waals surface area contributed by atoms with Crippen molar-refractivity contribution in [3.63, 3.8) is 0 Å². The molecule has 0 aliphatic carbocycles. The van der Waals surface area contributed by atoms with Gasteiger partial charge in [-0.1, -0.05) is 29.8 Å². The van der Waals surface area contributed by atoms with Crippen molar-refractivity contribution in [1.29, 1.82) is 0 Å². The Balaban J connectivity index is 2.18. The highest BCUT2D eigenvalue weighted by Gasteiger charge is 2.06. The van der Waals surface area contributed by atoms with E-state index in [9.17, 15) is 4.79 Å². The van der Waals surface area contributed by atoms with Gasteiger partial charge in [0.1, 0.15) is 11.5 Å². The van der Waals surface area contributed by atoms with Crippen LogP contribution in [0.25, 0.3) is 0 Å². The third-order valence-corrected chi connectivity index (χ3v) is 2.95. The fourth-order valence-corrected chi connectivity index (χ4v) is 1.72. The van der Waals surface area contributed by atoms with Gasteiger partial charge < -0.3 is 10.1 Å². The van der Waals surface area contributed by atoms with E-state index in [1.807, 2.05) is 30.3 Å². The number of benzene rings is 2. The molecule has 1 amide bonds. The minimum atomic E-state index is -0.220. The Morgan fingerprint density at radius 3 is 2.58 bits per heavy atom. The summed E-state index contributed by atoms with van der Waals surface area (Å²) in [7, 11) is 0. The Morgan fingerprint density at radius 1 is 1.16 bits per heavy atom. The first-order chi connectivity index (χ1) is 9.19. The van der Waals surface area contributed by atoms with E-state index in [2.05, 4.69) is 17.9 Å². The van der Waals surface area contributed by atoms with Crippen molar-refractivity contribution in [2.75, 3.05) is 11.1 Å². The molecule has 5 heteroatoms. The summed E-state index contributed by atoms with van der Waals surface area (Å²) in [5.41, 5.74) is 0.508. The van der Waals surface area contributed by atoms with Crippen molar-refractivity contribution in [1.82, 2.24) is 0 Å². The lowest BCUT2D eigenvalue weighted by Crippen LogP contribution is -2.12. The summed E-state index contributed by atoms with van der Waals surface area (Å²) in [6, 6.07) is 14.5. The fourth-order valence-electron chi connectivity index (χ4n) is 1.48. The summed E-state index contributed by atoms with van der Waals surface area (Å²) in [5, 5.41) is 3.11. The summed E-state index contributed by atoms with van der Waals surface area (Å²) in [4.78, 5) is 11.3. The van der Waals surface area contributed by atoms with E-state index in [-0.39, 0.29) is 11.7 Å². The Hall–Kier alpha value is -1.65. The molecule has 2 aromatic carbocycles. The molecule has 0 unspecified atom stereocenters. The number of ether oxygens (including phenoxy) is 1. The molecule has 0 heterocycles. The molecule has 0 fully saturated rings. The molecule has 0 spiro atoms. The number of amides is 1. The number of carbonyl (C=O) groups is 1. The Labute approximate surface area is 122 Å². The van der Waals surface area contributed by atoms with Crippen LogP contribution in [0.4, 0.5) is 5.69 Å². The first kappa shape index (κ1) is 13.8. The number of hydrogen-bond donors (Lipinski definition) is 2. The van der Waals surface area contributed by atoms with E-state index in [1.165, 1.54) is 0 Å². The smallest absolute Gasteiger partial charge is 0.234 e. The van der Waals surface area contributed by atoms with Crippen LogP contribution in [-0.2, 0) is 4.79 Å². The predicted molar refractivity (Wildman–Crippen MR) is 80.5 cm³/mol. The molecule has 0 aliphatic heterocycles. The van der Waals surface area contributed by atoms with Crippen molar-refractivity contribution in [2.45, 2.75) is 0 Å². The lowest BCUT2D eigenvalue weighted by molar-refractivity contribution is -0.113. The topological polar surface area (TPSA) is 38.3 Å². The van der Waals surface area contributed by atoms with E-state index in [0.29, 0.717) is 16.5 Å². The van der Waals surface area contributed by atoms with Gasteiger partial charge in [-0.3, -0.25) is 4.79 Å². The minimum Gasteiger partial charge on any atom is -0.457 e. The average Bonchev–Trinajstić information content (AvgIpc) is 2.43. The predicted octanol–water partition coefficient (Wildman–Crippen LogP) is 4.00. The molecule has 98 valence electrons. The minimum absolute atomic E-state index is 0.0973. The maximum absolute atomic E-state index is 11.3. The molecule has 0 aliphatic rings. The standard InChI is InChI=1S/C14H12ClNO2S/c15-12-7-6-11(8-13(12)16-14(17)9-19)18-10-4-2-1-3-5-10/h1-8,19H,9H2,(H,16,17). The van der Waals surface area contributed by atoms with Crippen LogP contribution in [0.5, 0.6) is 11.5 Å². The number of carbonyl (C=O) groups excluding carboxylic acids is 1. The Morgan fingerprint density at radius 2 is 1.89 bits per heavy atom. The third kappa shape index (κ3) is 3.91. The average molecular weight is 294 g/mol. The molecule has 0 bridgehead atoms. The van der Waals surface area contributed by atoms with E-state index in [0.717, 1.165) is 5.75 Å². The number of nitrogens with one attached hydrogen (secondary N) is 1. The largest absolute Gasteiger partial charge is 0.457 e. The maximum Gasteiger partial charge on any atom is 0.234 e. The molecule has 1 N–H and O–H groups in total. The Bertz CT molecular complexity index is 575. The lowest BCUT2D eigenvalue weighted by atomic mass is 10.3. The van der Waals surface area contributed by atoms with Gasteiger partial charge in [0.25, 0.3) is 0 Å². The zero-order chi connectivity index (χ0) is 13.7. The van der Waals surface area contributed by atoms with Gasteiger partial charge in [0.05, 0.1) is 16.5 Å². The number of rotatable bonds is 4. The van der Waals surface area contributed by atoms with E-state index in [1.54, 1.807) is 18.2 Å². The highest BCUT2D eigenvalue weighted by atomic mass is 35.5. The van der Waals surface area contributed by atoms with Crippen LogP contribution in [0, 0.1) is 0 Å². The summed E-state index contributed by atoms with van der Waals surface area (Å²) in [6.45, 7) is 0. The van der Waals surface area contributed by atoms with Crippen LogP contribution < -0.4 is 10.1 Å². The fraction of sp³-hybridized carbons (Fsp3) is 0.0714.